The second-order valence-electron chi connectivity index (χ2n) is 2.67. The molecule has 1 rings (SSSR count). The van der Waals surface area contributed by atoms with Crippen LogP contribution in [0.3, 0.4) is 0 Å². The van der Waals surface area contributed by atoms with Gasteiger partial charge in [0.2, 0.25) is 0 Å². The van der Waals surface area contributed by atoms with E-state index in [1.165, 1.54) is 12.1 Å². The lowest BCUT2D eigenvalue weighted by Gasteiger charge is -2.16. The van der Waals surface area contributed by atoms with E-state index in [1.807, 2.05) is 0 Å². The molecule has 70 valence electrons. The van der Waals surface area contributed by atoms with Gasteiger partial charge in [0.1, 0.15) is 0 Å². The maximum atomic E-state index is 12.3. The van der Waals surface area contributed by atoms with Crippen molar-refractivity contribution in [3.63, 3.8) is 0 Å². The average Bonchev–Trinajstić information content (AvgIpc) is 2.05. The van der Waals surface area contributed by atoms with Gasteiger partial charge in [-0.25, -0.2) is 0 Å². The lowest BCUT2D eigenvalue weighted by molar-refractivity contribution is -0.139. The maximum Gasteiger partial charge on any atom is 0.399 e. The van der Waals surface area contributed by atoms with Gasteiger partial charge >= 0.3 is 6.18 Å². The lowest BCUT2D eigenvalue weighted by atomic mass is 10.2. The minimum atomic E-state index is -4.25. The van der Waals surface area contributed by atoms with Gasteiger partial charge in [0.15, 0.2) is 0 Å². The smallest absolute Gasteiger partial charge is 0.170 e. The first kappa shape index (κ1) is 9.84. The van der Waals surface area contributed by atoms with E-state index in [0.29, 0.717) is 0 Å². The summed E-state index contributed by atoms with van der Waals surface area (Å²) in [6.45, 7) is 3.18. The van der Waals surface area contributed by atoms with Crippen molar-refractivity contribution in [1.29, 1.82) is 0 Å². The van der Waals surface area contributed by atoms with Crippen LogP contribution in [0, 0.1) is 0 Å². The predicted octanol–water partition coefficient (Wildman–Crippen LogP) is 3.52. The molecule has 0 aliphatic rings. The summed E-state index contributed by atoms with van der Waals surface area (Å²) in [7, 11) is 0. The van der Waals surface area contributed by atoms with Gasteiger partial charge in [0, 0.05) is 0 Å². The molecule has 0 N–H and O–H groups in total. The molecular weight excluding hydrogens is 178 g/mol. The molecule has 0 heterocycles. The van der Waals surface area contributed by atoms with Crippen molar-refractivity contribution in [1.82, 2.24) is 0 Å². The van der Waals surface area contributed by atoms with Gasteiger partial charge in [-0.3, -0.25) is 0 Å². The van der Waals surface area contributed by atoms with E-state index in [0.717, 1.165) is 6.08 Å². The predicted molar refractivity (Wildman–Crippen MR) is 45.4 cm³/mol. The Bertz CT molecular complexity index is 274. The molecule has 0 bridgehead atoms. The number of hydrogen-bond acceptors (Lipinski definition) is 0. The van der Waals surface area contributed by atoms with Crippen molar-refractivity contribution in [2.24, 2.45) is 0 Å². The molecule has 0 saturated heterocycles. The van der Waals surface area contributed by atoms with Gasteiger partial charge in [-0.05, 0) is 5.56 Å². The van der Waals surface area contributed by atoms with Gasteiger partial charge in [-0.2, -0.15) is 13.2 Å². The van der Waals surface area contributed by atoms with Crippen molar-refractivity contribution in [3.05, 3.63) is 48.6 Å². The van der Waals surface area contributed by atoms with E-state index < -0.39 is 12.1 Å². The number of hydrogen-bond donors (Lipinski definition) is 0. The standard InChI is InChI=1S/C10H9F3/c1-2-9(10(11,12)13)8-6-4-3-5-7-8/h2-7,9H,1H2/i8+1. The van der Waals surface area contributed by atoms with E-state index in [9.17, 15) is 13.2 Å². The Balaban J connectivity index is 2.99. The molecule has 0 aliphatic carbocycles. The Hall–Kier alpha value is -1.25. The molecule has 0 aliphatic heterocycles. The second kappa shape index (κ2) is 3.64. The first-order chi connectivity index (χ1) is 6.05. The molecule has 1 aromatic carbocycles. The Kier molecular flexibility index (Phi) is 2.76. The summed E-state index contributed by atoms with van der Waals surface area (Å²) in [6.07, 6.45) is -3.33. The van der Waals surface area contributed by atoms with E-state index in [1.54, 1.807) is 18.2 Å². The van der Waals surface area contributed by atoms with E-state index in [4.69, 9.17) is 0 Å². The molecule has 0 radical (unpaired) electrons. The third kappa shape index (κ3) is 2.34. The van der Waals surface area contributed by atoms with Crippen LogP contribution in [0.25, 0.3) is 0 Å². The topological polar surface area (TPSA) is 0 Å². The molecule has 0 amide bonds. The summed E-state index contributed by atoms with van der Waals surface area (Å²) in [5, 5.41) is 0. The molecule has 1 aromatic rings. The van der Waals surface area contributed by atoms with Gasteiger partial charge < -0.3 is 0 Å². The van der Waals surface area contributed by atoms with Crippen molar-refractivity contribution in [3.8, 4) is 0 Å². The number of alkyl halides is 3. The molecule has 0 nitrogen and oxygen atoms in total. The summed E-state index contributed by atoms with van der Waals surface area (Å²) in [4.78, 5) is 0. The molecule has 1 atom stereocenters. The van der Waals surface area contributed by atoms with Crippen LogP contribution in [0.15, 0.2) is 43.0 Å². The summed E-state index contributed by atoms with van der Waals surface area (Å²) >= 11 is 0. The maximum absolute atomic E-state index is 12.3. The largest absolute Gasteiger partial charge is 0.399 e. The Morgan fingerprint density at radius 2 is 1.69 bits per heavy atom. The molecule has 0 saturated carbocycles. The van der Waals surface area contributed by atoms with E-state index in [2.05, 4.69) is 6.58 Å². The van der Waals surface area contributed by atoms with Crippen molar-refractivity contribution < 1.29 is 13.2 Å². The highest BCUT2D eigenvalue weighted by Gasteiger charge is 2.38. The molecule has 0 spiro atoms. The fourth-order valence-electron chi connectivity index (χ4n) is 1.12. The average molecular weight is 187 g/mol. The Morgan fingerprint density at radius 1 is 1.15 bits per heavy atom. The Morgan fingerprint density at radius 3 is 2.08 bits per heavy atom. The van der Waals surface area contributed by atoms with Gasteiger partial charge in [-0.15, -0.1) is 6.58 Å². The summed E-state index contributed by atoms with van der Waals surface area (Å²) in [6, 6.07) is 7.73. The van der Waals surface area contributed by atoms with Gasteiger partial charge in [0.25, 0.3) is 0 Å². The zero-order valence-corrected chi connectivity index (χ0v) is 6.88. The third-order valence-electron chi connectivity index (χ3n) is 1.75. The van der Waals surface area contributed by atoms with Crippen LogP contribution in [0.4, 0.5) is 13.2 Å². The highest BCUT2D eigenvalue weighted by molar-refractivity contribution is 5.24. The molecule has 3 heteroatoms. The van der Waals surface area contributed by atoms with Gasteiger partial charge in [-0.1, -0.05) is 36.4 Å². The zero-order chi connectivity index (χ0) is 9.90. The SMILES string of the molecule is C=CC([13c]1ccccc1)C(F)(F)F. The Labute approximate surface area is 74.7 Å². The van der Waals surface area contributed by atoms with Gasteiger partial charge in [0.05, 0.1) is 5.92 Å². The molecule has 13 heavy (non-hydrogen) atoms. The summed E-state index contributed by atoms with van der Waals surface area (Å²) in [5.74, 6) is -1.56. The fourth-order valence-corrected chi connectivity index (χ4v) is 1.12. The fraction of sp³-hybridized carbons (Fsp3) is 0.200. The monoisotopic (exact) mass is 187 g/mol. The third-order valence-corrected chi connectivity index (χ3v) is 1.75. The minimum Gasteiger partial charge on any atom is -0.170 e. The lowest BCUT2D eigenvalue weighted by Crippen LogP contribution is -2.18. The normalized spacial score (nSPS) is 13.8. The van der Waals surface area contributed by atoms with E-state index in [-0.39, 0.29) is 5.56 Å². The zero-order valence-electron chi connectivity index (χ0n) is 6.88. The van der Waals surface area contributed by atoms with Crippen molar-refractivity contribution >= 4 is 0 Å². The quantitative estimate of drug-likeness (QED) is 0.621. The molecule has 1 unspecified atom stereocenters. The highest BCUT2D eigenvalue weighted by atomic mass is 19.4. The number of rotatable bonds is 2. The number of halogens is 3. The molecular formula is C10H9F3. The summed E-state index contributed by atoms with van der Waals surface area (Å²) < 4.78 is 37.0. The van der Waals surface area contributed by atoms with Crippen LogP contribution in [0.2, 0.25) is 0 Å². The minimum absolute atomic E-state index is 0.227. The second-order valence-corrected chi connectivity index (χ2v) is 2.67. The van der Waals surface area contributed by atoms with Crippen molar-refractivity contribution in [2.75, 3.05) is 0 Å². The van der Waals surface area contributed by atoms with Crippen LogP contribution in [0.1, 0.15) is 11.5 Å². The van der Waals surface area contributed by atoms with Crippen LogP contribution < -0.4 is 0 Å². The van der Waals surface area contributed by atoms with Crippen molar-refractivity contribution in [2.45, 2.75) is 12.1 Å². The first-order valence-electron chi connectivity index (χ1n) is 3.80. The molecule has 0 aromatic heterocycles. The number of allylic oxidation sites excluding steroid dienone is 1. The van der Waals surface area contributed by atoms with Crippen LogP contribution in [-0.4, -0.2) is 6.18 Å². The highest BCUT2D eigenvalue weighted by Crippen LogP contribution is 2.35. The number of benzene rings is 1. The molecule has 0 fully saturated rings. The van der Waals surface area contributed by atoms with E-state index >= 15 is 0 Å². The summed E-state index contributed by atoms with van der Waals surface area (Å²) in [5.41, 5.74) is 0.227. The first-order valence-corrected chi connectivity index (χ1v) is 3.80. The van der Waals surface area contributed by atoms with Crippen LogP contribution >= 0.6 is 0 Å². The van der Waals surface area contributed by atoms with Crippen LogP contribution in [-0.2, 0) is 0 Å². The van der Waals surface area contributed by atoms with Crippen LogP contribution in [0.5, 0.6) is 0 Å².